The van der Waals surface area contributed by atoms with Gasteiger partial charge in [-0.05, 0) is 47.1 Å². The predicted octanol–water partition coefficient (Wildman–Crippen LogP) is 5.27. The molecule has 1 N–H and O–H groups in total. The molecule has 0 bridgehead atoms. The SMILES string of the molecule is COc1ccccc1C(=O)N/N=C\c1cc(Br)c(Sc2ccc(C)cc2)o1. The Hall–Kier alpha value is -2.51. The van der Waals surface area contributed by atoms with E-state index in [0.29, 0.717) is 17.1 Å². The summed E-state index contributed by atoms with van der Waals surface area (Å²) in [6, 6.07) is 16.9. The summed E-state index contributed by atoms with van der Waals surface area (Å²) in [4.78, 5) is 13.3. The fraction of sp³-hybridized carbons (Fsp3) is 0.100. The molecule has 2 aromatic carbocycles. The smallest absolute Gasteiger partial charge is 0.275 e. The largest absolute Gasteiger partial charge is 0.496 e. The molecule has 3 aromatic rings. The summed E-state index contributed by atoms with van der Waals surface area (Å²) in [7, 11) is 1.52. The van der Waals surface area contributed by atoms with Crippen molar-refractivity contribution < 1.29 is 13.9 Å². The van der Waals surface area contributed by atoms with Crippen LogP contribution < -0.4 is 10.2 Å². The van der Waals surface area contributed by atoms with Gasteiger partial charge in [-0.25, -0.2) is 5.43 Å². The number of para-hydroxylation sites is 1. The molecule has 5 nitrogen and oxygen atoms in total. The van der Waals surface area contributed by atoms with Gasteiger partial charge in [-0.3, -0.25) is 4.79 Å². The Morgan fingerprint density at radius 1 is 1.22 bits per heavy atom. The first-order chi connectivity index (χ1) is 13.1. The number of amides is 1. The third-order valence-electron chi connectivity index (χ3n) is 3.62. The van der Waals surface area contributed by atoms with E-state index in [-0.39, 0.29) is 5.91 Å². The van der Waals surface area contributed by atoms with Crippen LogP contribution in [0.25, 0.3) is 0 Å². The number of hydrogen-bond donors (Lipinski definition) is 1. The summed E-state index contributed by atoms with van der Waals surface area (Å²) in [6.45, 7) is 2.05. The van der Waals surface area contributed by atoms with Gasteiger partial charge in [-0.1, -0.05) is 41.6 Å². The Morgan fingerprint density at radius 2 is 1.96 bits per heavy atom. The Labute approximate surface area is 169 Å². The number of benzene rings is 2. The minimum absolute atomic E-state index is 0.358. The summed E-state index contributed by atoms with van der Waals surface area (Å²) < 4.78 is 11.8. The van der Waals surface area contributed by atoms with E-state index in [1.165, 1.54) is 30.6 Å². The maximum Gasteiger partial charge on any atom is 0.275 e. The van der Waals surface area contributed by atoms with Crippen LogP contribution >= 0.6 is 27.7 Å². The molecule has 0 aliphatic carbocycles. The van der Waals surface area contributed by atoms with Crippen LogP contribution in [0.3, 0.4) is 0 Å². The quantitative estimate of drug-likeness (QED) is 0.415. The number of nitrogens with one attached hydrogen (secondary N) is 1. The van der Waals surface area contributed by atoms with E-state index in [0.717, 1.165) is 14.5 Å². The Balaban J connectivity index is 1.65. The normalized spacial score (nSPS) is 10.9. The van der Waals surface area contributed by atoms with E-state index >= 15 is 0 Å². The average Bonchev–Trinajstić information content (AvgIpc) is 3.02. The number of hydrazone groups is 1. The highest BCUT2D eigenvalue weighted by atomic mass is 79.9. The van der Waals surface area contributed by atoms with E-state index in [9.17, 15) is 4.79 Å². The van der Waals surface area contributed by atoms with Gasteiger partial charge in [0.05, 0.1) is 23.4 Å². The number of carbonyl (C=O) groups excluding carboxylic acids is 1. The van der Waals surface area contributed by atoms with Crippen molar-refractivity contribution in [1.29, 1.82) is 0 Å². The maximum atomic E-state index is 12.2. The molecule has 0 atom stereocenters. The van der Waals surface area contributed by atoms with Crippen molar-refractivity contribution in [3.05, 3.63) is 76.0 Å². The van der Waals surface area contributed by atoms with Crippen LogP contribution in [0.4, 0.5) is 0 Å². The Kier molecular flexibility index (Phi) is 6.36. The number of rotatable bonds is 6. The van der Waals surface area contributed by atoms with Crippen LogP contribution in [0.1, 0.15) is 21.7 Å². The van der Waals surface area contributed by atoms with Crippen molar-refractivity contribution in [3.8, 4) is 5.75 Å². The molecule has 0 radical (unpaired) electrons. The van der Waals surface area contributed by atoms with Gasteiger partial charge < -0.3 is 9.15 Å². The van der Waals surface area contributed by atoms with Crippen molar-refractivity contribution >= 4 is 39.8 Å². The van der Waals surface area contributed by atoms with Crippen LogP contribution in [-0.4, -0.2) is 19.2 Å². The standard InChI is InChI=1S/C20H17BrN2O3S/c1-13-7-9-15(10-8-13)27-20-17(21)11-14(26-20)12-22-23-19(24)16-5-3-4-6-18(16)25-2/h3-12H,1-2H3,(H,23,24)/b22-12-. The Bertz CT molecular complexity index is 968. The molecule has 0 aliphatic rings. The summed E-state index contributed by atoms with van der Waals surface area (Å²) in [5.41, 5.74) is 4.09. The molecular formula is C20H17BrN2O3S. The molecule has 0 spiro atoms. The number of hydrogen-bond acceptors (Lipinski definition) is 5. The number of carbonyl (C=O) groups is 1. The molecule has 0 aliphatic heterocycles. The molecule has 0 saturated carbocycles. The zero-order valence-electron chi connectivity index (χ0n) is 14.7. The van der Waals surface area contributed by atoms with Gasteiger partial charge >= 0.3 is 0 Å². The fourth-order valence-electron chi connectivity index (χ4n) is 2.26. The molecular weight excluding hydrogens is 428 g/mol. The first kappa shape index (κ1) is 19.3. The third-order valence-corrected chi connectivity index (χ3v) is 5.46. The minimum atomic E-state index is -0.358. The van der Waals surface area contributed by atoms with Gasteiger partial charge in [-0.2, -0.15) is 5.10 Å². The highest BCUT2D eigenvalue weighted by Gasteiger charge is 2.12. The molecule has 1 amide bonds. The number of ether oxygens (including phenoxy) is 1. The molecule has 7 heteroatoms. The number of aryl methyl sites for hydroxylation is 1. The minimum Gasteiger partial charge on any atom is -0.496 e. The zero-order valence-corrected chi connectivity index (χ0v) is 17.1. The van der Waals surface area contributed by atoms with E-state index in [1.54, 1.807) is 30.3 Å². The first-order valence-electron chi connectivity index (χ1n) is 8.07. The van der Waals surface area contributed by atoms with Crippen molar-refractivity contribution in [2.75, 3.05) is 7.11 Å². The van der Waals surface area contributed by atoms with Crippen LogP contribution in [0.15, 0.2) is 78.6 Å². The summed E-state index contributed by atoms with van der Waals surface area (Å²) in [6.07, 6.45) is 1.46. The van der Waals surface area contributed by atoms with Crippen molar-refractivity contribution in [2.45, 2.75) is 16.9 Å². The lowest BCUT2D eigenvalue weighted by Gasteiger charge is -2.05. The molecule has 0 saturated heterocycles. The monoisotopic (exact) mass is 444 g/mol. The van der Waals surface area contributed by atoms with E-state index in [1.807, 2.05) is 19.1 Å². The van der Waals surface area contributed by atoms with E-state index in [2.05, 4.69) is 38.6 Å². The lowest BCUT2D eigenvalue weighted by Crippen LogP contribution is -2.18. The second kappa shape index (κ2) is 8.92. The highest BCUT2D eigenvalue weighted by molar-refractivity contribution is 9.10. The lowest BCUT2D eigenvalue weighted by molar-refractivity contribution is 0.0952. The van der Waals surface area contributed by atoms with Crippen LogP contribution in [0.2, 0.25) is 0 Å². The predicted molar refractivity (Wildman–Crippen MR) is 110 cm³/mol. The van der Waals surface area contributed by atoms with Gasteiger partial charge in [0, 0.05) is 11.0 Å². The second-order valence-electron chi connectivity index (χ2n) is 5.60. The fourth-order valence-corrected chi connectivity index (χ4v) is 3.59. The highest BCUT2D eigenvalue weighted by Crippen LogP contribution is 2.35. The Morgan fingerprint density at radius 3 is 2.70 bits per heavy atom. The van der Waals surface area contributed by atoms with Gasteiger partial charge in [0.15, 0.2) is 5.09 Å². The summed E-state index contributed by atoms with van der Waals surface area (Å²) >= 11 is 4.99. The summed E-state index contributed by atoms with van der Waals surface area (Å²) in [5.74, 6) is 0.656. The van der Waals surface area contributed by atoms with E-state index < -0.39 is 0 Å². The average molecular weight is 445 g/mol. The number of nitrogens with zero attached hydrogens (tertiary/aromatic N) is 1. The summed E-state index contributed by atoms with van der Waals surface area (Å²) in [5, 5.41) is 4.68. The van der Waals surface area contributed by atoms with Crippen LogP contribution in [-0.2, 0) is 0 Å². The van der Waals surface area contributed by atoms with Crippen molar-refractivity contribution in [3.63, 3.8) is 0 Å². The molecule has 27 heavy (non-hydrogen) atoms. The van der Waals surface area contributed by atoms with Crippen LogP contribution in [0, 0.1) is 6.92 Å². The molecule has 3 rings (SSSR count). The molecule has 1 heterocycles. The number of methoxy groups -OCH3 is 1. The molecule has 138 valence electrons. The topological polar surface area (TPSA) is 63.8 Å². The molecule has 0 unspecified atom stereocenters. The van der Waals surface area contributed by atoms with Gasteiger partial charge in [-0.15, -0.1) is 0 Å². The van der Waals surface area contributed by atoms with Crippen LogP contribution in [0.5, 0.6) is 5.75 Å². The second-order valence-corrected chi connectivity index (χ2v) is 7.50. The number of halogens is 1. The van der Waals surface area contributed by atoms with Crippen molar-refractivity contribution in [2.24, 2.45) is 5.10 Å². The lowest BCUT2D eigenvalue weighted by atomic mass is 10.2. The first-order valence-corrected chi connectivity index (χ1v) is 9.68. The third kappa shape index (κ3) is 5.02. The zero-order chi connectivity index (χ0) is 19.2. The molecule has 1 aromatic heterocycles. The number of furan rings is 1. The van der Waals surface area contributed by atoms with Crippen molar-refractivity contribution in [1.82, 2.24) is 5.43 Å². The van der Waals surface area contributed by atoms with E-state index in [4.69, 9.17) is 9.15 Å². The van der Waals surface area contributed by atoms with Gasteiger partial charge in [0.1, 0.15) is 11.5 Å². The van der Waals surface area contributed by atoms with Gasteiger partial charge in [0.25, 0.3) is 5.91 Å². The maximum absolute atomic E-state index is 12.2. The van der Waals surface area contributed by atoms with Gasteiger partial charge in [0.2, 0.25) is 0 Å². The molecule has 0 fully saturated rings.